The third-order valence-corrected chi connectivity index (χ3v) is 4.68. The smallest absolute Gasteiger partial charge is 0.0725 e. The Kier molecular flexibility index (Phi) is 3.84. The predicted octanol–water partition coefficient (Wildman–Crippen LogP) is 3.38. The molecule has 4 unspecified atom stereocenters. The minimum Gasteiger partial charge on any atom is -0.389 e. The number of rotatable bonds is 1. The van der Waals surface area contributed by atoms with E-state index < -0.39 is 5.60 Å². The first-order chi connectivity index (χ1) is 7.89. The molecule has 17 heavy (non-hydrogen) atoms. The van der Waals surface area contributed by atoms with Crippen LogP contribution in [0.4, 0.5) is 0 Å². The minimum atomic E-state index is -0.472. The van der Waals surface area contributed by atoms with Crippen molar-refractivity contribution in [2.24, 2.45) is 17.8 Å². The first-order valence-electron chi connectivity index (χ1n) is 7.27. The monoisotopic (exact) mass is 240 g/mol. The molecule has 4 atom stereocenters. The normalized spacial score (nSPS) is 52.4. The lowest BCUT2D eigenvalue weighted by atomic mass is 9.66. The fraction of sp³-hybridized carbons (Fsp3) is 1.00. The van der Waals surface area contributed by atoms with E-state index in [1.807, 2.05) is 0 Å². The topological polar surface area (TPSA) is 29.5 Å². The summed E-state index contributed by atoms with van der Waals surface area (Å²) >= 11 is 0. The maximum Gasteiger partial charge on any atom is 0.0725 e. The number of hydrogen-bond acceptors (Lipinski definition) is 2. The van der Waals surface area contributed by atoms with Crippen molar-refractivity contribution in [2.75, 3.05) is 0 Å². The predicted molar refractivity (Wildman–Crippen MR) is 69.9 cm³/mol. The van der Waals surface area contributed by atoms with Gasteiger partial charge < -0.3 is 9.84 Å². The van der Waals surface area contributed by atoms with Crippen molar-refractivity contribution < 1.29 is 9.84 Å². The quantitative estimate of drug-likeness (QED) is 0.761. The van der Waals surface area contributed by atoms with E-state index in [4.69, 9.17) is 4.74 Å². The van der Waals surface area contributed by atoms with Gasteiger partial charge in [0.15, 0.2) is 0 Å². The van der Waals surface area contributed by atoms with E-state index in [0.717, 1.165) is 24.7 Å². The van der Waals surface area contributed by atoms with Gasteiger partial charge in [-0.05, 0) is 50.9 Å². The van der Waals surface area contributed by atoms with Crippen molar-refractivity contribution in [3.8, 4) is 0 Å². The molecule has 1 heterocycles. The zero-order valence-corrected chi connectivity index (χ0v) is 11.8. The molecule has 2 heteroatoms. The second-order valence-corrected chi connectivity index (χ2v) is 6.88. The molecular formula is C15H28O2. The summed E-state index contributed by atoms with van der Waals surface area (Å²) in [5.74, 6) is 2.01. The highest BCUT2D eigenvalue weighted by atomic mass is 16.5. The van der Waals surface area contributed by atoms with E-state index in [2.05, 4.69) is 27.7 Å². The van der Waals surface area contributed by atoms with Gasteiger partial charge in [0.1, 0.15) is 0 Å². The second-order valence-electron chi connectivity index (χ2n) is 6.88. The zero-order chi connectivity index (χ0) is 12.6. The van der Waals surface area contributed by atoms with Crippen LogP contribution >= 0.6 is 0 Å². The summed E-state index contributed by atoms with van der Waals surface area (Å²) in [6.45, 7) is 8.85. The average molecular weight is 240 g/mol. The molecule has 0 bridgehead atoms. The molecule has 0 radical (unpaired) electrons. The summed E-state index contributed by atoms with van der Waals surface area (Å²) in [7, 11) is 0. The third kappa shape index (κ3) is 3.03. The fourth-order valence-corrected chi connectivity index (χ4v) is 4.29. The van der Waals surface area contributed by atoms with Gasteiger partial charge in [-0.3, -0.25) is 0 Å². The van der Waals surface area contributed by atoms with Crippen LogP contribution in [0.1, 0.15) is 59.8 Å². The molecule has 1 saturated heterocycles. The molecular weight excluding hydrogens is 212 g/mol. The molecule has 1 N–H and O–H groups in total. The van der Waals surface area contributed by atoms with Gasteiger partial charge in [0.05, 0.1) is 17.8 Å². The van der Waals surface area contributed by atoms with Crippen LogP contribution in [-0.2, 0) is 4.74 Å². The highest BCUT2D eigenvalue weighted by molar-refractivity contribution is 4.95. The molecule has 1 saturated carbocycles. The van der Waals surface area contributed by atoms with E-state index in [0.29, 0.717) is 5.92 Å². The Bertz CT molecular complexity index is 244. The van der Waals surface area contributed by atoms with Crippen molar-refractivity contribution in [2.45, 2.75) is 77.6 Å². The van der Waals surface area contributed by atoms with Gasteiger partial charge in [-0.25, -0.2) is 0 Å². The van der Waals surface area contributed by atoms with Crippen LogP contribution in [-0.4, -0.2) is 22.9 Å². The van der Waals surface area contributed by atoms with Crippen LogP contribution in [0.25, 0.3) is 0 Å². The standard InChI is InChI=1S/C15H28O2/c1-10-5-11(2)7-14(6-10)15(16)8-12(3)17-13(4)9-15/h10-14,16H,5-9H2,1-4H3. The molecule has 1 aliphatic carbocycles. The van der Waals surface area contributed by atoms with Crippen LogP contribution in [0, 0.1) is 17.8 Å². The zero-order valence-electron chi connectivity index (χ0n) is 11.8. The number of aliphatic hydroxyl groups is 1. The molecule has 2 fully saturated rings. The molecule has 1 aliphatic heterocycles. The molecule has 2 nitrogen and oxygen atoms in total. The summed E-state index contributed by atoms with van der Waals surface area (Å²) < 4.78 is 5.77. The molecule has 0 aromatic heterocycles. The number of ether oxygens (including phenoxy) is 1. The number of hydrogen-bond donors (Lipinski definition) is 1. The van der Waals surface area contributed by atoms with Crippen LogP contribution in [0.5, 0.6) is 0 Å². The first kappa shape index (κ1) is 13.4. The lowest BCUT2D eigenvalue weighted by Crippen LogP contribution is -2.50. The third-order valence-electron chi connectivity index (χ3n) is 4.68. The van der Waals surface area contributed by atoms with Crippen molar-refractivity contribution in [3.63, 3.8) is 0 Å². The Morgan fingerprint density at radius 1 is 0.882 bits per heavy atom. The Balaban J connectivity index is 2.08. The molecule has 100 valence electrons. The van der Waals surface area contributed by atoms with Gasteiger partial charge in [0, 0.05) is 12.8 Å². The van der Waals surface area contributed by atoms with Gasteiger partial charge in [-0.1, -0.05) is 13.8 Å². The lowest BCUT2D eigenvalue weighted by Gasteiger charge is -2.47. The van der Waals surface area contributed by atoms with E-state index in [9.17, 15) is 5.11 Å². The second kappa shape index (κ2) is 4.89. The summed E-state index contributed by atoms with van der Waals surface area (Å²) in [4.78, 5) is 0. The fourth-order valence-electron chi connectivity index (χ4n) is 4.29. The molecule has 2 aliphatic rings. The van der Waals surface area contributed by atoms with E-state index in [-0.39, 0.29) is 12.2 Å². The van der Waals surface area contributed by atoms with Gasteiger partial charge in [-0.15, -0.1) is 0 Å². The largest absolute Gasteiger partial charge is 0.389 e. The van der Waals surface area contributed by atoms with E-state index in [1.165, 1.54) is 19.3 Å². The summed E-state index contributed by atoms with van der Waals surface area (Å²) in [6.07, 6.45) is 5.77. The van der Waals surface area contributed by atoms with Crippen molar-refractivity contribution in [1.82, 2.24) is 0 Å². The Hall–Kier alpha value is -0.0800. The molecule has 0 spiro atoms. The summed E-state index contributed by atoms with van der Waals surface area (Å²) in [5.41, 5.74) is -0.472. The average Bonchev–Trinajstić information content (AvgIpc) is 2.13. The lowest BCUT2D eigenvalue weighted by molar-refractivity contribution is -0.165. The Morgan fingerprint density at radius 3 is 1.82 bits per heavy atom. The molecule has 0 aromatic carbocycles. The van der Waals surface area contributed by atoms with Gasteiger partial charge >= 0.3 is 0 Å². The highest BCUT2D eigenvalue weighted by Gasteiger charge is 2.45. The summed E-state index contributed by atoms with van der Waals surface area (Å²) in [6, 6.07) is 0. The van der Waals surface area contributed by atoms with Crippen LogP contribution in [0.2, 0.25) is 0 Å². The maximum absolute atomic E-state index is 11.0. The minimum absolute atomic E-state index is 0.205. The van der Waals surface area contributed by atoms with Crippen molar-refractivity contribution in [3.05, 3.63) is 0 Å². The SMILES string of the molecule is CC1CC(C)CC(C2(O)CC(C)OC(C)C2)C1. The molecule has 0 aromatic rings. The van der Waals surface area contributed by atoms with Crippen LogP contribution in [0.15, 0.2) is 0 Å². The van der Waals surface area contributed by atoms with E-state index >= 15 is 0 Å². The maximum atomic E-state index is 11.0. The van der Waals surface area contributed by atoms with Gasteiger partial charge in [0.2, 0.25) is 0 Å². The van der Waals surface area contributed by atoms with Crippen LogP contribution < -0.4 is 0 Å². The Labute approximate surface area is 106 Å². The summed E-state index contributed by atoms with van der Waals surface area (Å²) in [5, 5.41) is 11.0. The Morgan fingerprint density at radius 2 is 1.35 bits per heavy atom. The molecule has 0 amide bonds. The van der Waals surface area contributed by atoms with Crippen LogP contribution in [0.3, 0.4) is 0 Å². The van der Waals surface area contributed by atoms with Gasteiger partial charge in [-0.2, -0.15) is 0 Å². The molecule has 2 rings (SSSR count). The van der Waals surface area contributed by atoms with E-state index in [1.54, 1.807) is 0 Å². The highest BCUT2D eigenvalue weighted by Crippen LogP contribution is 2.44. The van der Waals surface area contributed by atoms with Gasteiger partial charge in [0.25, 0.3) is 0 Å². The van der Waals surface area contributed by atoms with Crippen molar-refractivity contribution >= 4 is 0 Å². The van der Waals surface area contributed by atoms with Crippen molar-refractivity contribution in [1.29, 1.82) is 0 Å². The first-order valence-corrected chi connectivity index (χ1v) is 7.27.